The van der Waals surface area contributed by atoms with Gasteiger partial charge in [-0.2, -0.15) is 0 Å². The first-order valence-corrected chi connectivity index (χ1v) is 9.65. The third kappa shape index (κ3) is 7.74. The number of thioether (sulfide) groups is 1. The average Bonchev–Trinajstić information content (AvgIpc) is 2.61. The molecule has 0 aromatic carbocycles. The summed E-state index contributed by atoms with van der Waals surface area (Å²) >= 11 is 1.66. The van der Waals surface area contributed by atoms with Gasteiger partial charge in [0.25, 0.3) is 0 Å². The second-order valence-corrected chi connectivity index (χ2v) is 7.46. The summed E-state index contributed by atoms with van der Waals surface area (Å²) in [6, 6.07) is 0. The molecule has 3 atom stereocenters. The fourth-order valence-corrected chi connectivity index (χ4v) is 3.65. The Kier molecular flexibility index (Phi) is 10.7. The van der Waals surface area contributed by atoms with Crippen LogP contribution in [0, 0.1) is 5.92 Å². The van der Waals surface area contributed by atoms with Crippen molar-refractivity contribution in [1.29, 1.82) is 0 Å². The van der Waals surface area contributed by atoms with Gasteiger partial charge in [-0.25, -0.2) is 0 Å². The predicted molar refractivity (Wildman–Crippen MR) is 106 cm³/mol. The molecule has 5 heteroatoms. The van der Waals surface area contributed by atoms with Crippen molar-refractivity contribution < 1.29 is 14.6 Å². The van der Waals surface area contributed by atoms with Gasteiger partial charge >= 0.3 is 0 Å². The lowest BCUT2D eigenvalue weighted by Gasteiger charge is -2.25. The third-order valence-electron chi connectivity index (χ3n) is 4.04. The Morgan fingerprint density at radius 3 is 2.96 bits per heavy atom. The molecule has 0 heterocycles. The van der Waals surface area contributed by atoms with E-state index >= 15 is 0 Å². The van der Waals surface area contributed by atoms with E-state index in [4.69, 9.17) is 4.74 Å². The second-order valence-electron chi connectivity index (χ2n) is 6.21. The Labute approximate surface area is 156 Å². The number of nitrogens with one attached hydrogen (secondary N) is 1. The Morgan fingerprint density at radius 1 is 1.60 bits per heavy atom. The fraction of sp³-hybridized carbons (Fsp3) is 0.550. The van der Waals surface area contributed by atoms with Crippen LogP contribution < -0.4 is 5.32 Å². The van der Waals surface area contributed by atoms with Gasteiger partial charge in [0.05, 0.1) is 6.61 Å². The lowest BCUT2D eigenvalue weighted by Crippen LogP contribution is -2.26. The van der Waals surface area contributed by atoms with Crippen molar-refractivity contribution in [3.05, 3.63) is 46.9 Å². The summed E-state index contributed by atoms with van der Waals surface area (Å²) in [6.07, 6.45) is 10.3. The van der Waals surface area contributed by atoms with E-state index < -0.39 is 6.29 Å². The highest BCUT2D eigenvalue weighted by Crippen LogP contribution is 2.37. The smallest absolute Gasteiger partial charge is 0.161 e. The summed E-state index contributed by atoms with van der Waals surface area (Å²) in [5.41, 5.74) is 1.81. The highest BCUT2D eigenvalue weighted by atomic mass is 32.2. The lowest BCUT2D eigenvalue weighted by atomic mass is 9.94. The van der Waals surface area contributed by atoms with Crippen LogP contribution >= 0.6 is 11.8 Å². The van der Waals surface area contributed by atoms with E-state index in [1.54, 1.807) is 11.8 Å². The Balaban J connectivity index is 2.68. The summed E-state index contributed by atoms with van der Waals surface area (Å²) in [6.45, 7) is 9.42. The molecule has 0 aromatic heterocycles. The molecular weight excluding hydrogens is 334 g/mol. The number of rotatable bonds is 12. The van der Waals surface area contributed by atoms with Gasteiger partial charge in [-0.1, -0.05) is 36.5 Å². The molecule has 0 amide bonds. The van der Waals surface area contributed by atoms with Crippen LogP contribution in [0.5, 0.6) is 0 Å². The van der Waals surface area contributed by atoms with Crippen molar-refractivity contribution >= 4 is 18.0 Å². The van der Waals surface area contributed by atoms with Crippen LogP contribution in [0.2, 0.25) is 0 Å². The van der Waals surface area contributed by atoms with Crippen molar-refractivity contribution in [2.45, 2.75) is 44.6 Å². The average molecular weight is 366 g/mol. The van der Waals surface area contributed by atoms with Crippen LogP contribution in [-0.4, -0.2) is 43.1 Å². The van der Waals surface area contributed by atoms with E-state index in [2.05, 4.69) is 18.0 Å². The SMILES string of the molecule is C=C(C)C(C/C=C\C)SC1=C(C=O)CC(C(O)OCCCNC)C=C1. The number of allylic oxidation sites excluding steroid dienone is 4. The largest absolute Gasteiger partial charge is 0.367 e. The maximum absolute atomic E-state index is 11.5. The van der Waals surface area contributed by atoms with Crippen LogP contribution in [0.15, 0.2) is 46.9 Å². The summed E-state index contributed by atoms with van der Waals surface area (Å²) in [4.78, 5) is 12.5. The molecular formula is C20H31NO3S. The number of aliphatic hydroxyl groups excluding tert-OH is 1. The molecule has 0 spiro atoms. The van der Waals surface area contributed by atoms with Crippen LogP contribution in [0.4, 0.5) is 0 Å². The molecule has 0 saturated heterocycles. The first kappa shape index (κ1) is 21.9. The molecule has 1 rings (SSSR count). The Morgan fingerprint density at radius 2 is 2.36 bits per heavy atom. The molecule has 1 aliphatic carbocycles. The topological polar surface area (TPSA) is 58.6 Å². The van der Waals surface area contributed by atoms with E-state index in [0.717, 1.165) is 41.7 Å². The van der Waals surface area contributed by atoms with Gasteiger partial charge in [0.2, 0.25) is 0 Å². The number of hydrogen-bond donors (Lipinski definition) is 2. The zero-order valence-electron chi connectivity index (χ0n) is 15.5. The van der Waals surface area contributed by atoms with Crippen molar-refractivity contribution in [2.75, 3.05) is 20.2 Å². The lowest BCUT2D eigenvalue weighted by molar-refractivity contribution is -0.124. The standard InChI is InChI=1S/C20H31NO3S/c1-5-6-8-18(15(2)3)25-19-10-9-16(13-17(19)14-22)20(23)24-12-7-11-21-4/h5-6,9-10,14,16,18,20-21,23H,2,7-8,11-13H2,1,3-4H3/b6-5-. The van der Waals surface area contributed by atoms with Crippen molar-refractivity contribution in [2.24, 2.45) is 5.92 Å². The minimum absolute atomic E-state index is 0.182. The normalized spacial score (nSPS) is 20.1. The molecule has 0 radical (unpaired) electrons. The molecule has 0 aliphatic heterocycles. The quantitative estimate of drug-likeness (QED) is 0.239. The molecule has 25 heavy (non-hydrogen) atoms. The molecule has 2 N–H and O–H groups in total. The predicted octanol–water partition coefficient (Wildman–Crippen LogP) is 3.60. The van der Waals surface area contributed by atoms with Crippen LogP contribution in [-0.2, 0) is 9.53 Å². The molecule has 0 aromatic rings. The van der Waals surface area contributed by atoms with E-state index in [1.165, 1.54) is 0 Å². The second kappa shape index (κ2) is 12.3. The molecule has 140 valence electrons. The number of hydrogen-bond acceptors (Lipinski definition) is 5. The van der Waals surface area contributed by atoms with Gasteiger partial charge < -0.3 is 15.2 Å². The van der Waals surface area contributed by atoms with Gasteiger partial charge in [-0.15, -0.1) is 11.8 Å². The monoisotopic (exact) mass is 365 g/mol. The number of ether oxygens (including phenoxy) is 1. The summed E-state index contributed by atoms with van der Waals surface area (Å²) in [7, 11) is 1.88. The van der Waals surface area contributed by atoms with E-state index in [9.17, 15) is 9.90 Å². The minimum Gasteiger partial charge on any atom is -0.367 e. The summed E-state index contributed by atoms with van der Waals surface area (Å²) < 4.78 is 5.48. The zero-order valence-corrected chi connectivity index (χ0v) is 16.3. The zero-order chi connectivity index (χ0) is 18.7. The molecule has 1 aliphatic rings. The Bertz CT molecular complexity index is 525. The first-order chi connectivity index (χ1) is 12.0. The highest BCUT2D eigenvalue weighted by Gasteiger charge is 2.24. The van der Waals surface area contributed by atoms with E-state index in [0.29, 0.717) is 13.0 Å². The summed E-state index contributed by atoms with van der Waals surface area (Å²) in [5.74, 6) is -0.182. The molecule has 0 saturated carbocycles. The van der Waals surface area contributed by atoms with Crippen LogP contribution in [0.25, 0.3) is 0 Å². The maximum Gasteiger partial charge on any atom is 0.161 e. The molecule has 0 bridgehead atoms. The number of aldehydes is 1. The van der Waals surface area contributed by atoms with Crippen molar-refractivity contribution in [3.8, 4) is 0 Å². The first-order valence-electron chi connectivity index (χ1n) is 8.77. The molecule has 0 fully saturated rings. The van der Waals surface area contributed by atoms with Gasteiger partial charge in [-0.05, 0) is 46.7 Å². The van der Waals surface area contributed by atoms with Gasteiger partial charge in [0.1, 0.15) is 6.29 Å². The van der Waals surface area contributed by atoms with Crippen LogP contribution in [0.1, 0.15) is 33.1 Å². The van der Waals surface area contributed by atoms with E-state index in [1.807, 2.05) is 39.1 Å². The van der Waals surface area contributed by atoms with Crippen molar-refractivity contribution in [3.63, 3.8) is 0 Å². The van der Waals surface area contributed by atoms with Gasteiger partial charge in [-0.3, -0.25) is 4.79 Å². The number of carbonyl (C=O) groups excluding carboxylic acids is 1. The highest BCUT2D eigenvalue weighted by molar-refractivity contribution is 8.04. The maximum atomic E-state index is 11.5. The van der Waals surface area contributed by atoms with Crippen molar-refractivity contribution in [1.82, 2.24) is 5.32 Å². The molecule has 4 nitrogen and oxygen atoms in total. The number of carbonyl (C=O) groups is 1. The molecule has 3 unspecified atom stereocenters. The van der Waals surface area contributed by atoms with E-state index in [-0.39, 0.29) is 11.2 Å². The van der Waals surface area contributed by atoms with Gasteiger partial charge in [0.15, 0.2) is 6.29 Å². The fourth-order valence-electron chi connectivity index (χ4n) is 2.50. The third-order valence-corrected chi connectivity index (χ3v) is 5.57. The van der Waals surface area contributed by atoms with Crippen LogP contribution in [0.3, 0.4) is 0 Å². The minimum atomic E-state index is -0.880. The Hall–Kier alpha value is -1.14. The number of aliphatic hydroxyl groups is 1. The van der Waals surface area contributed by atoms with Gasteiger partial charge in [0, 0.05) is 21.6 Å². The summed E-state index contributed by atoms with van der Waals surface area (Å²) in [5, 5.41) is 13.5.